The first-order valence-electron chi connectivity index (χ1n) is 9.94. The third-order valence-electron chi connectivity index (χ3n) is 4.74. The van der Waals surface area contributed by atoms with E-state index < -0.39 is 0 Å². The van der Waals surface area contributed by atoms with Gasteiger partial charge in [0.05, 0.1) is 13.2 Å². The summed E-state index contributed by atoms with van der Waals surface area (Å²) >= 11 is 0. The van der Waals surface area contributed by atoms with Gasteiger partial charge < -0.3 is 19.7 Å². The Labute approximate surface area is 189 Å². The van der Waals surface area contributed by atoms with Crippen LogP contribution in [0.5, 0.6) is 5.75 Å². The van der Waals surface area contributed by atoms with Crippen LogP contribution in [0.25, 0.3) is 11.4 Å². The van der Waals surface area contributed by atoms with Crippen molar-refractivity contribution in [2.45, 2.75) is 39.3 Å². The Hall–Kier alpha value is -1.88. The van der Waals surface area contributed by atoms with E-state index in [1.54, 1.807) is 7.11 Å². The fraction of sp³-hybridized carbons (Fsp3) is 0.550. The Morgan fingerprint density at radius 3 is 2.59 bits per heavy atom. The molecular formula is C20H31IN6O2. The summed E-state index contributed by atoms with van der Waals surface area (Å²) in [5.74, 6) is 3.13. The van der Waals surface area contributed by atoms with Crippen molar-refractivity contribution in [1.82, 2.24) is 25.4 Å². The first-order valence-corrected chi connectivity index (χ1v) is 9.94. The molecule has 0 atom stereocenters. The number of halogens is 1. The van der Waals surface area contributed by atoms with Gasteiger partial charge >= 0.3 is 0 Å². The number of hydrogen-bond acceptors (Lipinski definition) is 5. The van der Waals surface area contributed by atoms with Crippen LogP contribution >= 0.6 is 24.0 Å². The van der Waals surface area contributed by atoms with E-state index >= 15 is 0 Å². The Balaban J connectivity index is 0.00000300. The normalized spacial score (nSPS) is 15.1. The van der Waals surface area contributed by atoms with Crippen LogP contribution in [0.1, 0.15) is 32.5 Å². The molecule has 1 aromatic heterocycles. The number of H-pyrrole nitrogens is 1. The average molecular weight is 514 g/mol. The molecule has 2 N–H and O–H groups in total. The summed E-state index contributed by atoms with van der Waals surface area (Å²) in [6.07, 6.45) is 2.43. The number of aromatic nitrogens is 3. The van der Waals surface area contributed by atoms with Gasteiger partial charge in [-0.1, -0.05) is 0 Å². The van der Waals surface area contributed by atoms with Gasteiger partial charge in [-0.05, 0) is 51.0 Å². The number of nitrogens with zero attached hydrogens (tertiary/aromatic N) is 4. The van der Waals surface area contributed by atoms with Gasteiger partial charge in [-0.2, -0.15) is 5.10 Å². The third-order valence-corrected chi connectivity index (χ3v) is 4.74. The Morgan fingerprint density at radius 1 is 1.24 bits per heavy atom. The standard InChI is InChI=1S/C20H30N6O2.HI/c1-4-21-20(26-12-10-17(11-13-26)28-5-2)22-14-18-23-19(25-24-18)15-6-8-16(27-3)9-7-15;/h6-9,17H,4-5,10-14H2,1-3H3,(H,21,22)(H,23,24,25);1H. The lowest BCUT2D eigenvalue weighted by atomic mass is 10.1. The van der Waals surface area contributed by atoms with Gasteiger partial charge in [0.1, 0.15) is 18.1 Å². The second-order valence-corrected chi connectivity index (χ2v) is 6.65. The van der Waals surface area contributed by atoms with E-state index in [0.717, 1.165) is 62.2 Å². The number of likely N-dealkylation sites (tertiary alicyclic amines) is 1. The van der Waals surface area contributed by atoms with Crippen LogP contribution in [0.4, 0.5) is 0 Å². The molecule has 8 nitrogen and oxygen atoms in total. The van der Waals surface area contributed by atoms with Crippen LogP contribution in [0.15, 0.2) is 29.3 Å². The van der Waals surface area contributed by atoms with Gasteiger partial charge in [0, 0.05) is 31.8 Å². The summed E-state index contributed by atoms with van der Waals surface area (Å²) in [4.78, 5) is 11.6. The highest BCUT2D eigenvalue weighted by atomic mass is 127. The molecule has 9 heteroatoms. The zero-order chi connectivity index (χ0) is 19.8. The second-order valence-electron chi connectivity index (χ2n) is 6.65. The fourth-order valence-electron chi connectivity index (χ4n) is 3.28. The fourth-order valence-corrected chi connectivity index (χ4v) is 3.28. The lowest BCUT2D eigenvalue weighted by Crippen LogP contribution is -2.47. The highest BCUT2D eigenvalue weighted by molar-refractivity contribution is 14.0. The van der Waals surface area contributed by atoms with Crippen molar-refractivity contribution in [1.29, 1.82) is 0 Å². The molecular weight excluding hydrogens is 483 g/mol. The Morgan fingerprint density at radius 2 is 1.97 bits per heavy atom. The van der Waals surface area contributed by atoms with Gasteiger partial charge in [-0.15, -0.1) is 24.0 Å². The first kappa shape index (κ1) is 23.4. The number of ether oxygens (including phenoxy) is 2. The summed E-state index contributed by atoms with van der Waals surface area (Å²) in [6, 6.07) is 7.70. The molecule has 1 fully saturated rings. The molecule has 0 amide bonds. The van der Waals surface area contributed by atoms with Crippen LogP contribution in [0.2, 0.25) is 0 Å². The topological polar surface area (TPSA) is 87.7 Å². The molecule has 29 heavy (non-hydrogen) atoms. The number of benzene rings is 1. The van der Waals surface area contributed by atoms with E-state index in [9.17, 15) is 0 Å². The molecule has 1 aliphatic rings. The molecule has 1 saturated heterocycles. The average Bonchev–Trinajstić information content (AvgIpc) is 3.21. The van der Waals surface area contributed by atoms with Crippen LogP contribution in [-0.4, -0.2) is 65.5 Å². The van der Waals surface area contributed by atoms with Gasteiger partial charge in [0.25, 0.3) is 0 Å². The number of aromatic amines is 1. The largest absolute Gasteiger partial charge is 0.497 e. The molecule has 0 unspecified atom stereocenters. The monoisotopic (exact) mass is 514 g/mol. The van der Waals surface area contributed by atoms with E-state index in [0.29, 0.717) is 18.5 Å². The van der Waals surface area contributed by atoms with Crippen LogP contribution in [0.3, 0.4) is 0 Å². The van der Waals surface area contributed by atoms with Crippen molar-refractivity contribution in [3.63, 3.8) is 0 Å². The molecule has 0 bridgehead atoms. The minimum atomic E-state index is 0. The van der Waals surface area contributed by atoms with Gasteiger partial charge in [-0.3, -0.25) is 5.10 Å². The quantitative estimate of drug-likeness (QED) is 0.336. The highest BCUT2D eigenvalue weighted by Crippen LogP contribution is 2.19. The maximum atomic E-state index is 5.74. The first-order chi connectivity index (χ1) is 13.7. The lowest BCUT2D eigenvalue weighted by molar-refractivity contribution is 0.0263. The number of guanidine groups is 1. The van der Waals surface area contributed by atoms with E-state index in [4.69, 9.17) is 14.5 Å². The van der Waals surface area contributed by atoms with Crippen LogP contribution in [-0.2, 0) is 11.3 Å². The molecule has 0 aliphatic carbocycles. The van der Waals surface area contributed by atoms with Crippen molar-refractivity contribution in [2.75, 3.05) is 33.4 Å². The third kappa shape index (κ3) is 6.56. The van der Waals surface area contributed by atoms with E-state index in [1.807, 2.05) is 24.3 Å². The maximum Gasteiger partial charge on any atom is 0.194 e. The molecule has 2 aromatic rings. The number of nitrogens with one attached hydrogen (secondary N) is 2. The van der Waals surface area contributed by atoms with Crippen LogP contribution in [0, 0.1) is 0 Å². The Bertz CT molecular complexity index is 757. The number of aliphatic imine (C=N–C) groups is 1. The predicted octanol–water partition coefficient (Wildman–Crippen LogP) is 3.06. The van der Waals surface area contributed by atoms with E-state index in [1.165, 1.54) is 0 Å². The molecule has 1 aliphatic heterocycles. The molecule has 0 spiro atoms. The van der Waals surface area contributed by atoms with E-state index in [2.05, 4.69) is 39.2 Å². The minimum absolute atomic E-state index is 0. The zero-order valence-corrected chi connectivity index (χ0v) is 19.7. The van der Waals surface area contributed by atoms with E-state index in [-0.39, 0.29) is 24.0 Å². The predicted molar refractivity (Wildman–Crippen MR) is 125 cm³/mol. The number of hydrogen-bond donors (Lipinski definition) is 2. The van der Waals surface area contributed by atoms with Crippen molar-refractivity contribution < 1.29 is 9.47 Å². The molecule has 0 radical (unpaired) electrons. The number of methoxy groups -OCH3 is 1. The van der Waals surface area contributed by atoms with Crippen molar-refractivity contribution in [2.24, 2.45) is 4.99 Å². The van der Waals surface area contributed by atoms with Crippen molar-refractivity contribution in [3.05, 3.63) is 30.1 Å². The zero-order valence-electron chi connectivity index (χ0n) is 17.4. The van der Waals surface area contributed by atoms with Crippen molar-refractivity contribution >= 4 is 29.9 Å². The number of piperidine rings is 1. The highest BCUT2D eigenvalue weighted by Gasteiger charge is 2.21. The summed E-state index contributed by atoms with van der Waals surface area (Å²) in [5.41, 5.74) is 0.942. The molecule has 2 heterocycles. The van der Waals surface area contributed by atoms with Crippen molar-refractivity contribution in [3.8, 4) is 17.1 Å². The molecule has 1 aromatic carbocycles. The second kappa shape index (κ2) is 12.0. The SMILES string of the molecule is CCNC(=NCc1nc(-c2ccc(OC)cc2)n[nH]1)N1CCC(OCC)CC1.I. The maximum absolute atomic E-state index is 5.74. The lowest BCUT2D eigenvalue weighted by Gasteiger charge is -2.34. The van der Waals surface area contributed by atoms with Gasteiger partial charge in [0.15, 0.2) is 11.8 Å². The van der Waals surface area contributed by atoms with Crippen LogP contribution < -0.4 is 10.1 Å². The Kier molecular flexibility index (Phi) is 9.65. The number of rotatable bonds is 7. The van der Waals surface area contributed by atoms with Gasteiger partial charge in [0.2, 0.25) is 0 Å². The molecule has 0 saturated carbocycles. The van der Waals surface area contributed by atoms with Gasteiger partial charge in [-0.25, -0.2) is 9.98 Å². The summed E-state index contributed by atoms with van der Waals surface area (Å²) < 4.78 is 10.9. The summed E-state index contributed by atoms with van der Waals surface area (Å²) in [6.45, 7) is 8.09. The smallest absolute Gasteiger partial charge is 0.194 e. The molecule has 3 rings (SSSR count). The molecule has 160 valence electrons. The minimum Gasteiger partial charge on any atom is -0.497 e. The summed E-state index contributed by atoms with van der Waals surface area (Å²) in [5, 5.41) is 10.7. The summed E-state index contributed by atoms with van der Waals surface area (Å²) in [7, 11) is 1.65.